The van der Waals surface area contributed by atoms with Crippen LogP contribution in [-0.2, 0) is 4.79 Å². The van der Waals surface area contributed by atoms with Gasteiger partial charge in [-0.2, -0.15) is 5.01 Å². The van der Waals surface area contributed by atoms with E-state index in [4.69, 9.17) is 0 Å². The van der Waals surface area contributed by atoms with E-state index in [1.165, 1.54) is 0 Å². The van der Waals surface area contributed by atoms with Crippen LogP contribution in [0.15, 0.2) is 5.29 Å². The van der Waals surface area contributed by atoms with Crippen molar-refractivity contribution in [3.63, 3.8) is 0 Å². The molecule has 1 aliphatic heterocycles. The van der Waals surface area contributed by atoms with Crippen LogP contribution < -0.4 is 0 Å². The second-order valence-corrected chi connectivity index (χ2v) is 2.93. The van der Waals surface area contributed by atoms with Crippen LogP contribution in [0, 0.1) is 10.8 Å². The third-order valence-electron chi connectivity index (χ3n) is 2.41. The summed E-state index contributed by atoms with van der Waals surface area (Å²) in [5.41, 5.74) is 0. The lowest BCUT2D eigenvalue weighted by atomic mass is 10.1. The first kappa shape index (κ1) is 5.82. The molecule has 0 spiro atoms. The molecule has 1 saturated heterocycles. The maximum atomic E-state index is 11.0. The van der Waals surface area contributed by atoms with E-state index in [9.17, 15) is 9.70 Å². The van der Waals surface area contributed by atoms with Gasteiger partial charge in [-0.1, -0.05) is 0 Å². The highest BCUT2D eigenvalue weighted by atomic mass is 16.3. The van der Waals surface area contributed by atoms with Gasteiger partial charge < -0.3 is 0 Å². The third-order valence-corrected chi connectivity index (χ3v) is 2.41. The number of carbonyl (C=O) groups is 1. The summed E-state index contributed by atoms with van der Waals surface area (Å²) < 4.78 is 0. The highest BCUT2D eigenvalue weighted by molar-refractivity contribution is 5.82. The van der Waals surface area contributed by atoms with Gasteiger partial charge in [0.05, 0.1) is 11.3 Å². The molecule has 0 N–H and O–H groups in total. The molecule has 54 valence electrons. The van der Waals surface area contributed by atoms with Crippen molar-refractivity contribution < 1.29 is 4.79 Å². The van der Waals surface area contributed by atoms with E-state index in [2.05, 4.69) is 5.29 Å². The molecule has 4 nitrogen and oxygen atoms in total. The molecule has 0 aromatic heterocycles. The fourth-order valence-electron chi connectivity index (χ4n) is 1.88. The van der Waals surface area contributed by atoms with Gasteiger partial charge in [0.2, 0.25) is 5.91 Å². The van der Waals surface area contributed by atoms with Crippen LogP contribution >= 0.6 is 0 Å². The molecular formula is C6H8N2O2. The van der Waals surface area contributed by atoms with Gasteiger partial charge in [0.1, 0.15) is 0 Å². The van der Waals surface area contributed by atoms with Crippen molar-refractivity contribution in [1.82, 2.24) is 5.01 Å². The quantitative estimate of drug-likeness (QED) is 0.503. The summed E-state index contributed by atoms with van der Waals surface area (Å²) in [5, 5.41) is 3.79. The second kappa shape index (κ2) is 1.78. The number of rotatable bonds is 1. The van der Waals surface area contributed by atoms with Gasteiger partial charge >= 0.3 is 0 Å². The normalized spacial score (nSPS) is 37.2. The van der Waals surface area contributed by atoms with Crippen molar-refractivity contribution in [3.8, 4) is 0 Å². The number of hydrogen-bond donors (Lipinski definition) is 0. The molecule has 1 amide bonds. The SMILES string of the molecule is O=NN1C(=O)C2CCC1C2. The maximum Gasteiger partial charge on any atom is 0.248 e. The standard InChI is InChI=1S/C6H8N2O2/c9-6-4-1-2-5(3-4)8(6)7-10/h4-5H,1-3H2. The molecule has 2 atom stereocenters. The minimum atomic E-state index is -0.0637. The zero-order valence-electron chi connectivity index (χ0n) is 5.49. The molecular weight excluding hydrogens is 132 g/mol. The van der Waals surface area contributed by atoms with Crippen molar-refractivity contribution in [3.05, 3.63) is 4.91 Å². The van der Waals surface area contributed by atoms with E-state index in [0.717, 1.165) is 24.3 Å². The summed E-state index contributed by atoms with van der Waals surface area (Å²) in [6.45, 7) is 0. The number of piperidine rings is 1. The van der Waals surface area contributed by atoms with Crippen molar-refractivity contribution in [1.29, 1.82) is 0 Å². The van der Waals surface area contributed by atoms with E-state index in [-0.39, 0.29) is 17.9 Å². The number of amides is 1. The lowest BCUT2D eigenvalue weighted by molar-refractivity contribution is -0.134. The van der Waals surface area contributed by atoms with Crippen molar-refractivity contribution in [2.45, 2.75) is 25.3 Å². The fourth-order valence-corrected chi connectivity index (χ4v) is 1.88. The number of nitroso groups, excluding NO2 is 1. The molecule has 2 bridgehead atoms. The van der Waals surface area contributed by atoms with E-state index in [1.54, 1.807) is 0 Å². The molecule has 1 saturated carbocycles. The highest BCUT2D eigenvalue weighted by Gasteiger charge is 2.45. The largest absolute Gasteiger partial charge is 0.273 e. The number of fused-ring (bicyclic) bond motifs is 2. The Bertz CT molecular complexity index is 192. The van der Waals surface area contributed by atoms with Gasteiger partial charge in [0, 0.05) is 5.92 Å². The van der Waals surface area contributed by atoms with E-state index in [0.29, 0.717) is 0 Å². The highest BCUT2D eigenvalue weighted by Crippen LogP contribution is 2.38. The van der Waals surface area contributed by atoms with Crippen LogP contribution in [0.4, 0.5) is 0 Å². The first-order valence-electron chi connectivity index (χ1n) is 3.49. The van der Waals surface area contributed by atoms with Crippen LogP contribution in [0.25, 0.3) is 0 Å². The van der Waals surface area contributed by atoms with Crippen molar-refractivity contribution >= 4 is 5.91 Å². The third kappa shape index (κ3) is 0.535. The number of nitrogens with zero attached hydrogens (tertiary/aromatic N) is 2. The Labute approximate surface area is 58.1 Å². The molecule has 4 heteroatoms. The van der Waals surface area contributed by atoms with Crippen LogP contribution in [-0.4, -0.2) is 17.0 Å². The molecule has 1 heterocycles. The van der Waals surface area contributed by atoms with Crippen LogP contribution in [0.3, 0.4) is 0 Å². The molecule has 0 aromatic rings. The Morgan fingerprint density at radius 3 is 2.70 bits per heavy atom. The molecule has 1 aliphatic carbocycles. The molecule has 10 heavy (non-hydrogen) atoms. The Hall–Kier alpha value is -0.930. The zero-order valence-corrected chi connectivity index (χ0v) is 5.49. The summed E-state index contributed by atoms with van der Waals surface area (Å²) in [5.74, 6) is 0.0500. The van der Waals surface area contributed by atoms with E-state index >= 15 is 0 Å². The minimum Gasteiger partial charge on any atom is -0.273 e. The van der Waals surface area contributed by atoms with Crippen molar-refractivity contribution in [2.75, 3.05) is 0 Å². The summed E-state index contributed by atoms with van der Waals surface area (Å²) in [6, 6.07) is 0.134. The Balaban J connectivity index is 2.24. The maximum absolute atomic E-state index is 11.0. The van der Waals surface area contributed by atoms with Gasteiger partial charge in [0.15, 0.2) is 0 Å². The van der Waals surface area contributed by atoms with Gasteiger partial charge in [0.25, 0.3) is 0 Å². The molecule has 2 aliphatic rings. The van der Waals surface area contributed by atoms with Gasteiger partial charge in [-0.3, -0.25) is 4.79 Å². The first-order valence-corrected chi connectivity index (χ1v) is 3.49. The first-order chi connectivity index (χ1) is 4.83. The number of hydrogen-bond acceptors (Lipinski definition) is 3. The zero-order chi connectivity index (χ0) is 7.14. The Morgan fingerprint density at radius 1 is 1.50 bits per heavy atom. The van der Waals surface area contributed by atoms with E-state index in [1.807, 2.05) is 0 Å². The van der Waals surface area contributed by atoms with Crippen molar-refractivity contribution in [2.24, 2.45) is 11.2 Å². The molecule has 2 fully saturated rings. The molecule has 2 unspecified atom stereocenters. The average molecular weight is 140 g/mol. The molecule has 2 rings (SSSR count). The second-order valence-electron chi connectivity index (χ2n) is 2.93. The predicted molar refractivity (Wildman–Crippen MR) is 33.8 cm³/mol. The topological polar surface area (TPSA) is 49.7 Å². The van der Waals surface area contributed by atoms with Crippen LogP contribution in [0.2, 0.25) is 0 Å². The summed E-state index contributed by atoms with van der Waals surface area (Å²) in [4.78, 5) is 21.1. The molecule has 0 aromatic carbocycles. The summed E-state index contributed by atoms with van der Waals surface area (Å²) in [6.07, 6.45) is 2.77. The molecule has 0 radical (unpaired) electrons. The minimum absolute atomic E-state index is 0.0637. The summed E-state index contributed by atoms with van der Waals surface area (Å²) in [7, 11) is 0. The smallest absolute Gasteiger partial charge is 0.248 e. The fraction of sp³-hybridized carbons (Fsp3) is 0.833. The van der Waals surface area contributed by atoms with E-state index < -0.39 is 0 Å². The van der Waals surface area contributed by atoms with Gasteiger partial charge in [-0.25, -0.2) is 0 Å². The summed E-state index contributed by atoms with van der Waals surface area (Å²) >= 11 is 0. The van der Waals surface area contributed by atoms with Crippen LogP contribution in [0.5, 0.6) is 0 Å². The Morgan fingerprint density at radius 2 is 2.30 bits per heavy atom. The monoisotopic (exact) mass is 140 g/mol. The lowest BCUT2D eigenvalue weighted by Gasteiger charge is -2.17. The van der Waals surface area contributed by atoms with Crippen LogP contribution in [0.1, 0.15) is 19.3 Å². The van der Waals surface area contributed by atoms with Gasteiger partial charge in [-0.15, -0.1) is 4.91 Å². The Kier molecular flexibility index (Phi) is 1.03. The predicted octanol–water partition coefficient (Wildman–Crippen LogP) is 0.679. The van der Waals surface area contributed by atoms with Gasteiger partial charge in [-0.05, 0) is 19.3 Å². The average Bonchev–Trinajstić information content (AvgIpc) is 2.46. The number of carbonyl (C=O) groups excluding carboxylic acids is 1. The lowest BCUT2D eigenvalue weighted by Crippen LogP contribution is -2.31.